The minimum absolute atomic E-state index is 0.0192. The molecular formula is C17H22N6O2. The molecule has 25 heavy (non-hydrogen) atoms. The van der Waals surface area contributed by atoms with Crippen LogP contribution in [-0.2, 0) is 9.59 Å². The van der Waals surface area contributed by atoms with E-state index in [4.69, 9.17) is 0 Å². The molecule has 0 unspecified atom stereocenters. The molecule has 1 aromatic carbocycles. The molecule has 1 atom stereocenters. The van der Waals surface area contributed by atoms with Crippen LogP contribution >= 0.6 is 0 Å². The molecule has 0 saturated heterocycles. The number of tetrazole rings is 1. The van der Waals surface area contributed by atoms with Crippen LogP contribution in [0.3, 0.4) is 0 Å². The van der Waals surface area contributed by atoms with E-state index in [1.165, 1.54) is 6.92 Å². The maximum absolute atomic E-state index is 12.5. The van der Waals surface area contributed by atoms with Crippen molar-refractivity contribution >= 4 is 17.5 Å². The van der Waals surface area contributed by atoms with E-state index >= 15 is 0 Å². The number of hydrogen-bond donors (Lipinski definition) is 2. The van der Waals surface area contributed by atoms with E-state index in [1.807, 2.05) is 36.7 Å². The van der Waals surface area contributed by atoms with Crippen LogP contribution in [0, 0.1) is 5.92 Å². The number of benzene rings is 1. The Morgan fingerprint density at radius 1 is 1.28 bits per heavy atom. The first kappa shape index (κ1) is 17.1. The topological polar surface area (TPSA) is 102 Å². The molecule has 0 spiro atoms. The summed E-state index contributed by atoms with van der Waals surface area (Å²) in [4.78, 5) is 23.8. The first-order valence-corrected chi connectivity index (χ1v) is 8.42. The van der Waals surface area contributed by atoms with Crippen molar-refractivity contribution in [3.05, 3.63) is 24.3 Å². The van der Waals surface area contributed by atoms with Gasteiger partial charge in [-0.05, 0) is 41.3 Å². The molecule has 1 aliphatic rings. The third-order valence-electron chi connectivity index (χ3n) is 4.08. The van der Waals surface area contributed by atoms with Crippen LogP contribution in [0.15, 0.2) is 24.3 Å². The van der Waals surface area contributed by atoms with Crippen molar-refractivity contribution in [2.24, 2.45) is 5.92 Å². The van der Waals surface area contributed by atoms with E-state index < -0.39 is 6.04 Å². The van der Waals surface area contributed by atoms with E-state index in [-0.39, 0.29) is 17.7 Å². The Kier molecular flexibility index (Phi) is 4.78. The molecule has 8 nitrogen and oxygen atoms in total. The van der Waals surface area contributed by atoms with Gasteiger partial charge in [0.2, 0.25) is 11.8 Å². The summed E-state index contributed by atoms with van der Waals surface area (Å²) in [5, 5.41) is 17.5. The van der Waals surface area contributed by atoms with E-state index in [2.05, 4.69) is 26.2 Å². The molecule has 1 aliphatic carbocycles. The zero-order valence-corrected chi connectivity index (χ0v) is 14.6. The molecule has 2 aromatic rings. The molecule has 1 aromatic heterocycles. The van der Waals surface area contributed by atoms with Crippen LogP contribution in [0.2, 0.25) is 0 Å². The lowest BCUT2D eigenvalue weighted by molar-refractivity contribution is -0.126. The molecular weight excluding hydrogens is 320 g/mol. The van der Waals surface area contributed by atoms with E-state index in [0.717, 1.165) is 18.4 Å². The minimum atomic E-state index is -0.585. The normalized spacial score (nSPS) is 15.0. The molecule has 132 valence electrons. The predicted octanol–water partition coefficient (Wildman–Crippen LogP) is 1.77. The summed E-state index contributed by atoms with van der Waals surface area (Å²) in [6, 6.07) is 7.19. The van der Waals surface area contributed by atoms with Crippen molar-refractivity contribution < 1.29 is 9.59 Å². The van der Waals surface area contributed by atoms with Crippen molar-refractivity contribution in [2.45, 2.75) is 45.7 Å². The van der Waals surface area contributed by atoms with Crippen LogP contribution in [0.4, 0.5) is 5.69 Å². The summed E-state index contributed by atoms with van der Waals surface area (Å²) in [5.41, 5.74) is 1.49. The number of carbonyl (C=O) groups excluding carboxylic acids is 2. The number of carbonyl (C=O) groups is 2. The second kappa shape index (κ2) is 7.00. The average molecular weight is 342 g/mol. The van der Waals surface area contributed by atoms with Gasteiger partial charge in [0.05, 0.1) is 6.04 Å². The van der Waals surface area contributed by atoms with Gasteiger partial charge in [0.25, 0.3) is 0 Å². The molecule has 2 N–H and O–H groups in total. The highest BCUT2D eigenvalue weighted by molar-refractivity contribution is 5.97. The largest absolute Gasteiger partial charge is 0.344 e. The molecule has 1 saturated carbocycles. The monoisotopic (exact) mass is 342 g/mol. The van der Waals surface area contributed by atoms with Gasteiger partial charge in [0, 0.05) is 18.2 Å². The van der Waals surface area contributed by atoms with E-state index in [9.17, 15) is 9.59 Å². The Bertz CT molecular complexity index is 781. The molecule has 0 aliphatic heterocycles. The van der Waals surface area contributed by atoms with Crippen molar-refractivity contribution in [3.8, 4) is 11.4 Å². The summed E-state index contributed by atoms with van der Waals surface area (Å²) in [6.45, 7) is 5.18. The lowest BCUT2D eigenvalue weighted by Crippen LogP contribution is -2.46. The van der Waals surface area contributed by atoms with Gasteiger partial charge < -0.3 is 10.6 Å². The first-order chi connectivity index (χ1) is 12.0. The standard InChI is InChI=1S/C17H22N6O2/c1-10(2)15(18-11(3)24)17(25)19-13-6-4-5-12(9-13)16-20-21-22-23(16)14-7-8-14/h4-6,9-10,14-15H,7-8H2,1-3H3,(H,18,24)(H,19,25)/t15-/m0/s1. The lowest BCUT2D eigenvalue weighted by atomic mass is 10.0. The van der Waals surface area contributed by atoms with Crippen LogP contribution in [0.1, 0.15) is 39.7 Å². The van der Waals surface area contributed by atoms with Gasteiger partial charge in [-0.2, -0.15) is 0 Å². The fourth-order valence-electron chi connectivity index (χ4n) is 2.66. The minimum Gasteiger partial charge on any atom is -0.344 e. The zero-order chi connectivity index (χ0) is 18.0. The summed E-state index contributed by atoms with van der Waals surface area (Å²) in [6.07, 6.45) is 2.17. The zero-order valence-electron chi connectivity index (χ0n) is 14.6. The van der Waals surface area contributed by atoms with Crippen LogP contribution in [0.5, 0.6) is 0 Å². The smallest absolute Gasteiger partial charge is 0.247 e. The molecule has 8 heteroatoms. The summed E-state index contributed by atoms with van der Waals surface area (Å²) < 4.78 is 1.83. The number of nitrogens with zero attached hydrogens (tertiary/aromatic N) is 4. The van der Waals surface area contributed by atoms with Gasteiger partial charge in [-0.1, -0.05) is 26.0 Å². The van der Waals surface area contributed by atoms with Gasteiger partial charge in [0.15, 0.2) is 5.82 Å². The number of amides is 2. The maximum atomic E-state index is 12.5. The van der Waals surface area contributed by atoms with Crippen molar-refractivity contribution in [2.75, 3.05) is 5.32 Å². The van der Waals surface area contributed by atoms with E-state index in [1.54, 1.807) is 6.07 Å². The molecule has 2 amide bonds. The van der Waals surface area contributed by atoms with Crippen molar-refractivity contribution in [1.29, 1.82) is 0 Å². The number of hydrogen-bond acceptors (Lipinski definition) is 5. The fourth-order valence-corrected chi connectivity index (χ4v) is 2.66. The Hall–Kier alpha value is -2.77. The second-order valence-electron chi connectivity index (χ2n) is 6.67. The molecule has 3 rings (SSSR count). The third kappa shape index (κ3) is 4.01. The van der Waals surface area contributed by atoms with Crippen LogP contribution in [0.25, 0.3) is 11.4 Å². The van der Waals surface area contributed by atoms with Gasteiger partial charge in [-0.25, -0.2) is 4.68 Å². The Morgan fingerprint density at radius 2 is 2.04 bits per heavy atom. The predicted molar refractivity (Wildman–Crippen MR) is 92.6 cm³/mol. The molecule has 0 radical (unpaired) electrons. The molecule has 0 bridgehead atoms. The van der Waals surface area contributed by atoms with Crippen molar-refractivity contribution in [1.82, 2.24) is 25.5 Å². The molecule has 1 fully saturated rings. The quantitative estimate of drug-likeness (QED) is 0.833. The van der Waals surface area contributed by atoms with Gasteiger partial charge >= 0.3 is 0 Å². The van der Waals surface area contributed by atoms with Gasteiger partial charge in [-0.3, -0.25) is 9.59 Å². The van der Waals surface area contributed by atoms with Gasteiger partial charge in [-0.15, -0.1) is 5.10 Å². The number of aromatic nitrogens is 4. The number of anilines is 1. The third-order valence-corrected chi connectivity index (χ3v) is 4.08. The SMILES string of the molecule is CC(=O)N[C@H](C(=O)Nc1cccc(-c2nnnn2C2CC2)c1)C(C)C. The van der Waals surface area contributed by atoms with Gasteiger partial charge in [0.1, 0.15) is 6.04 Å². The Labute approximate surface area is 146 Å². The summed E-state index contributed by atoms with van der Waals surface area (Å²) >= 11 is 0. The average Bonchev–Trinajstić information content (AvgIpc) is 3.29. The Balaban J connectivity index is 1.78. The highest BCUT2D eigenvalue weighted by atomic mass is 16.2. The second-order valence-corrected chi connectivity index (χ2v) is 6.67. The first-order valence-electron chi connectivity index (χ1n) is 8.42. The summed E-state index contributed by atoms with van der Waals surface area (Å²) in [5.74, 6) is 0.200. The maximum Gasteiger partial charge on any atom is 0.247 e. The fraction of sp³-hybridized carbons (Fsp3) is 0.471. The highest BCUT2D eigenvalue weighted by Gasteiger charge is 2.28. The van der Waals surface area contributed by atoms with E-state index in [0.29, 0.717) is 17.6 Å². The highest BCUT2D eigenvalue weighted by Crippen LogP contribution is 2.36. The lowest BCUT2D eigenvalue weighted by Gasteiger charge is -2.21. The van der Waals surface area contributed by atoms with Crippen LogP contribution in [-0.4, -0.2) is 38.1 Å². The number of nitrogens with one attached hydrogen (secondary N) is 2. The van der Waals surface area contributed by atoms with Crippen molar-refractivity contribution in [3.63, 3.8) is 0 Å². The Morgan fingerprint density at radius 3 is 2.68 bits per heavy atom. The number of rotatable bonds is 6. The van der Waals surface area contributed by atoms with Crippen LogP contribution < -0.4 is 10.6 Å². The summed E-state index contributed by atoms with van der Waals surface area (Å²) in [7, 11) is 0. The molecule has 1 heterocycles.